The molecule has 0 N–H and O–H groups in total. The summed E-state index contributed by atoms with van der Waals surface area (Å²) >= 11 is 0.774. The van der Waals surface area contributed by atoms with Crippen molar-refractivity contribution in [2.45, 2.75) is 19.9 Å². The number of imide groups is 1. The maximum Gasteiger partial charge on any atom is 0.329 e. The van der Waals surface area contributed by atoms with E-state index in [1.165, 1.54) is 6.92 Å². The lowest BCUT2D eigenvalue weighted by molar-refractivity contribution is -0.150. The largest absolute Gasteiger partial charge is 0.484 e. The third-order valence-corrected chi connectivity index (χ3v) is 5.63. The van der Waals surface area contributed by atoms with E-state index in [9.17, 15) is 19.2 Å². The van der Waals surface area contributed by atoms with Crippen LogP contribution in [0.1, 0.15) is 19.4 Å². The van der Waals surface area contributed by atoms with Gasteiger partial charge in [0.25, 0.3) is 17.1 Å². The summed E-state index contributed by atoms with van der Waals surface area (Å²) in [4.78, 5) is 51.7. The predicted octanol–water partition coefficient (Wildman–Crippen LogP) is 1.91. The number of nitrogens with zero attached hydrogens (tertiary/aromatic N) is 2. The Balaban J connectivity index is 1.59. The summed E-state index contributed by atoms with van der Waals surface area (Å²) in [6.07, 6.45) is 1.57. The SMILES string of the molecule is CCOC(=O)[C@H](C)N1C(=O)S/C(=C/c2ccc(OCC(=O)N3CCOCC3)cc2)C1=O. The van der Waals surface area contributed by atoms with E-state index < -0.39 is 23.2 Å². The van der Waals surface area contributed by atoms with Gasteiger partial charge in [0, 0.05) is 13.1 Å². The number of thioether (sulfide) groups is 1. The van der Waals surface area contributed by atoms with Crippen LogP contribution in [-0.2, 0) is 23.9 Å². The summed E-state index contributed by atoms with van der Waals surface area (Å²) in [5.41, 5.74) is 0.682. The Bertz CT molecular complexity index is 878. The number of hydrogen-bond acceptors (Lipinski definition) is 8. The van der Waals surface area contributed by atoms with Crippen molar-refractivity contribution in [3.63, 3.8) is 0 Å². The van der Waals surface area contributed by atoms with Gasteiger partial charge in [-0.3, -0.25) is 19.3 Å². The number of carbonyl (C=O) groups is 4. The third-order valence-electron chi connectivity index (χ3n) is 4.74. The molecule has 0 aliphatic carbocycles. The first-order chi connectivity index (χ1) is 14.9. The van der Waals surface area contributed by atoms with Crippen LogP contribution < -0.4 is 4.74 Å². The van der Waals surface area contributed by atoms with E-state index in [0.29, 0.717) is 37.6 Å². The molecule has 2 aliphatic rings. The zero-order valence-electron chi connectivity index (χ0n) is 17.4. The lowest BCUT2D eigenvalue weighted by Gasteiger charge is -2.26. The van der Waals surface area contributed by atoms with E-state index in [2.05, 4.69) is 0 Å². The summed E-state index contributed by atoms with van der Waals surface area (Å²) in [5, 5.41) is -0.515. The molecule has 0 bridgehead atoms. The van der Waals surface area contributed by atoms with E-state index in [-0.39, 0.29) is 24.0 Å². The van der Waals surface area contributed by atoms with Crippen molar-refractivity contribution in [2.75, 3.05) is 39.5 Å². The number of benzene rings is 1. The Morgan fingerprint density at radius 1 is 1.19 bits per heavy atom. The first-order valence-electron chi connectivity index (χ1n) is 9.92. The molecule has 0 saturated carbocycles. The van der Waals surface area contributed by atoms with Crippen LogP contribution in [0.3, 0.4) is 0 Å². The number of ether oxygens (including phenoxy) is 3. The zero-order valence-corrected chi connectivity index (χ0v) is 18.2. The molecule has 0 radical (unpaired) electrons. The summed E-state index contributed by atoms with van der Waals surface area (Å²) in [6, 6.07) is 5.82. The lowest BCUT2D eigenvalue weighted by atomic mass is 10.2. The molecule has 0 aromatic heterocycles. The van der Waals surface area contributed by atoms with Crippen molar-refractivity contribution in [2.24, 2.45) is 0 Å². The van der Waals surface area contributed by atoms with Crippen molar-refractivity contribution in [1.29, 1.82) is 0 Å². The monoisotopic (exact) mass is 448 g/mol. The van der Waals surface area contributed by atoms with Gasteiger partial charge in [-0.2, -0.15) is 0 Å². The molecule has 2 fully saturated rings. The summed E-state index contributed by atoms with van der Waals surface area (Å²) in [6.45, 7) is 5.40. The second-order valence-electron chi connectivity index (χ2n) is 6.83. The first kappa shape index (κ1) is 22.8. The van der Waals surface area contributed by atoms with Gasteiger partial charge in [-0.15, -0.1) is 0 Å². The highest BCUT2D eigenvalue weighted by atomic mass is 32.2. The Morgan fingerprint density at radius 2 is 1.87 bits per heavy atom. The maximum absolute atomic E-state index is 12.6. The summed E-state index contributed by atoms with van der Waals surface area (Å²) in [7, 11) is 0. The predicted molar refractivity (Wildman–Crippen MR) is 113 cm³/mol. The average molecular weight is 448 g/mol. The maximum atomic E-state index is 12.6. The van der Waals surface area contributed by atoms with Crippen LogP contribution in [0.25, 0.3) is 6.08 Å². The fraction of sp³-hybridized carbons (Fsp3) is 0.429. The van der Waals surface area contributed by atoms with Gasteiger partial charge in [-0.1, -0.05) is 12.1 Å². The van der Waals surface area contributed by atoms with Crippen molar-refractivity contribution < 1.29 is 33.4 Å². The van der Waals surface area contributed by atoms with Gasteiger partial charge in [0.2, 0.25) is 0 Å². The van der Waals surface area contributed by atoms with E-state index in [0.717, 1.165) is 16.7 Å². The van der Waals surface area contributed by atoms with Gasteiger partial charge in [-0.25, -0.2) is 4.79 Å². The van der Waals surface area contributed by atoms with Crippen LogP contribution in [0.5, 0.6) is 5.75 Å². The highest BCUT2D eigenvalue weighted by Gasteiger charge is 2.41. The lowest BCUT2D eigenvalue weighted by Crippen LogP contribution is -2.42. The molecule has 2 saturated heterocycles. The molecule has 3 amide bonds. The van der Waals surface area contributed by atoms with Crippen LogP contribution in [-0.4, -0.2) is 78.4 Å². The van der Waals surface area contributed by atoms with Gasteiger partial charge in [0.15, 0.2) is 6.61 Å². The fourth-order valence-electron chi connectivity index (χ4n) is 3.04. The highest BCUT2D eigenvalue weighted by molar-refractivity contribution is 8.18. The third kappa shape index (κ3) is 5.65. The second kappa shape index (κ2) is 10.5. The molecule has 3 rings (SSSR count). The topological polar surface area (TPSA) is 102 Å². The first-order valence-corrected chi connectivity index (χ1v) is 10.7. The minimum Gasteiger partial charge on any atom is -0.484 e. The quantitative estimate of drug-likeness (QED) is 0.460. The Hall–Kier alpha value is -2.85. The van der Waals surface area contributed by atoms with E-state index in [4.69, 9.17) is 14.2 Å². The minimum absolute atomic E-state index is 0.0655. The molecular weight excluding hydrogens is 424 g/mol. The van der Waals surface area contributed by atoms with Crippen molar-refractivity contribution in [1.82, 2.24) is 9.80 Å². The van der Waals surface area contributed by atoms with Crippen molar-refractivity contribution in [3.05, 3.63) is 34.7 Å². The molecule has 9 nitrogen and oxygen atoms in total. The number of hydrogen-bond donors (Lipinski definition) is 0. The second-order valence-corrected chi connectivity index (χ2v) is 7.82. The molecule has 1 aromatic rings. The Morgan fingerprint density at radius 3 is 2.52 bits per heavy atom. The molecule has 10 heteroatoms. The Kier molecular flexibility index (Phi) is 7.69. The molecule has 0 unspecified atom stereocenters. The van der Waals surface area contributed by atoms with Gasteiger partial charge < -0.3 is 19.1 Å². The van der Waals surface area contributed by atoms with Crippen LogP contribution >= 0.6 is 11.8 Å². The van der Waals surface area contributed by atoms with E-state index in [1.807, 2.05) is 0 Å². The van der Waals surface area contributed by atoms with Crippen molar-refractivity contribution in [3.8, 4) is 5.75 Å². The highest BCUT2D eigenvalue weighted by Crippen LogP contribution is 2.34. The molecule has 2 heterocycles. The molecule has 2 aliphatic heterocycles. The van der Waals surface area contributed by atoms with Crippen LogP contribution in [0.2, 0.25) is 0 Å². The van der Waals surface area contributed by atoms with E-state index in [1.54, 1.807) is 42.2 Å². The number of rotatable bonds is 7. The fourth-order valence-corrected chi connectivity index (χ4v) is 3.95. The molecule has 1 aromatic carbocycles. The van der Waals surface area contributed by atoms with Crippen LogP contribution in [0.4, 0.5) is 4.79 Å². The normalized spacial score (nSPS) is 19.0. The number of morpholine rings is 1. The molecule has 0 spiro atoms. The number of esters is 1. The van der Waals surface area contributed by atoms with Crippen molar-refractivity contribution >= 4 is 40.9 Å². The zero-order chi connectivity index (χ0) is 22.4. The van der Waals surface area contributed by atoms with Gasteiger partial charge in [0.1, 0.15) is 11.8 Å². The molecule has 166 valence electrons. The Labute approximate surface area is 184 Å². The number of carbonyl (C=O) groups excluding carboxylic acids is 4. The minimum atomic E-state index is -0.988. The molecule has 31 heavy (non-hydrogen) atoms. The van der Waals surface area contributed by atoms with Gasteiger partial charge >= 0.3 is 5.97 Å². The summed E-state index contributed by atoms with van der Waals surface area (Å²) < 4.78 is 15.7. The summed E-state index contributed by atoms with van der Waals surface area (Å²) in [5.74, 6) is -0.745. The molecular formula is C21H24N2O7S. The van der Waals surface area contributed by atoms with Crippen LogP contribution in [0, 0.1) is 0 Å². The standard InChI is InChI=1S/C21H24N2O7S/c1-3-29-20(26)14(2)23-19(25)17(31-21(23)27)12-15-4-6-16(7-5-15)30-13-18(24)22-8-10-28-11-9-22/h4-7,12,14H,3,8-11,13H2,1-2H3/b17-12+/t14-/m0/s1. The van der Waals surface area contributed by atoms with Crippen LogP contribution in [0.15, 0.2) is 29.2 Å². The smallest absolute Gasteiger partial charge is 0.329 e. The van der Waals surface area contributed by atoms with Gasteiger partial charge in [-0.05, 0) is 49.4 Å². The average Bonchev–Trinajstić information content (AvgIpc) is 3.06. The number of amides is 3. The van der Waals surface area contributed by atoms with Gasteiger partial charge in [0.05, 0.1) is 24.7 Å². The molecule has 1 atom stereocenters. The van der Waals surface area contributed by atoms with E-state index >= 15 is 0 Å².